The molecular formula is C25H27F3N2O3. The summed E-state index contributed by atoms with van der Waals surface area (Å²) in [6, 6.07) is 12.1. The standard InChI is InChI=1S/C25H27F3N2O3/c1-33-20-4-2-3-17(15-20)9-12-29-22(31)21-16-24(21)10-13-30(14-11-24)23(32)18-5-7-19(8-6-18)25(26,27)28/h2-8,15,21H,9-14,16H2,1H3,(H,29,31)/t21-/m1/s1. The molecule has 5 nitrogen and oxygen atoms in total. The normalized spacial score (nSPS) is 19.3. The van der Waals surface area contributed by atoms with Gasteiger partial charge in [0.1, 0.15) is 5.75 Å². The molecule has 0 bridgehead atoms. The largest absolute Gasteiger partial charge is 0.497 e. The third kappa shape index (κ3) is 5.15. The van der Waals surface area contributed by atoms with Gasteiger partial charge >= 0.3 is 6.18 Å². The van der Waals surface area contributed by atoms with Crippen molar-refractivity contribution >= 4 is 11.8 Å². The van der Waals surface area contributed by atoms with Crippen molar-refractivity contribution in [2.24, 2.45) is 11.3 Å². The Morgan fingerprint density at radius 1 is 1.12 bits per heavy atom. The second kappa shape index (κ2) is 9.08. The molecule has 1 saturated heterocycles. The lowest BCUT2D eigenvalue weighted by atomic mass is 9.90. The number of piperidine rings is 1. The maximum atomic E-state index is 12.7. The van der Waals surface area contributed by atoms with Gasteiger partial charge < -0.3 is 15.0 Å². The van der Waals surface area contributed by atoms with Gasteiger partial charge in [-0.15, -0.1) is 0 Å². The molecule has 1 heterocycles. The average molecular weight is 460 g/mol. The van der Waals surface area contributed by atoms with Gasteiger partial charge in [0, 0.05) is 31.1 Å². The van der Waals surface area contributed by atoms with E-state index in [2.05, 4.69) is 5.32 Å². The summed E-state index contributed by atoms with van der Waals surface area (Å²) in [5.74, 6) is 0.544. The van der Waals surface area contributed by atoms with E-state index in [0.29, 0.717) is 19.6 Å². The number of alkyl halides is 3. The van der Waals surface area contributed by atoms with Crippen molar-refractivity contribution in [3.8, 4) is 5.75 Å². The topological polar surface area (TPSA) is 58.6 Å². The number of nitrogens with zero attached hydrogens (tertiary/aromatic N) is 1. The molecule has 2 amide bonds. The van der Waals surface area contributed by atoms with Crippen molar-refractivity contribution in [3.05, 3.63) is 65.2 Å². The van der Waals surface area contributed by atoms with Gasteiger partial charge in [0.2, 0.25) is 5.91 Å². The lowest BCUT2D eigenvalue weighted by Gasteiger charge is -2.33. The van der Waals surface area contributed by atoms with E-state index in [1.165, 1.54) is 12.1 Å². The van der Waals surface area contributed by atoms with Crippen LogP contribution in [0, 0.1) is 11.3 Å². The molecule has 8 heteroatoms. The van der Waals surface area contributed by atoms with Crippen molar-refractivity contribution in [3.63, 3.8) is 0 Å². The van der Waals surface area contributed by atoms with E-state index in [9.17, 15) is 22.8 Å². The van der Waals surface area contributed by atoms with Crippen LogP contribution >= 0.6 is 0 Å². The van der Waals surface area contributed by atoms with E-state index in [-0.39, 0.29) is 28.7 Å². The molecule has 1 saturated carbocycles. The number of nitrogens with one attached hydrogen (secondary N) is 1. The van der Waals surface area contributed by atoms with Crippen LogP contribution in [0.4, 0.5) is 13.2 Å². The number of halogens is 3. The summed E-state index contributed by atoms with van der Waals surface area (Å²) in [4.78, 5) is 27.0. The van der Waals surface area contributed by atoms with Crippen molar-refractivity contribution < 1.29 is 27.5 Å². The van der Waals surface area contributed by atoms with Crippen molar-refractivity contribution in [2.75, 3.05) is 26.7 Å². The van der Waals surface area contributed by atoms with Crippen LogP contribution in [0.2, 0.25) is 0 Å². The minimum absolute atomic E-state index is 0.0360. The van der Waals surface area contributed by atoms with Crippen molar-refractivity contribution in [1.82, 2.24) is 10.2 Å². The van der Waals surface area contributed by atoms with E-state index >= 15 is 0 Å². The first-order valence-electron chi connectivity index (χ1n) is 11.1. The van der Waals surface area contributed by atoms with E-state index in [1.54, 1.807) is 12.0 Å². The van der Waals surface area contributed by atoms with Gasteiger partial charge in [0.05, 0.1) is 12.7 Å². The summed E-state index contributed by atoms with van der Waals surface area (Å²) in [6.45, 7) is 1.57. The third-order valence-corrected chi connectivity index (χ3v) is 6.86. The molecule has 2 aliphatic rings. The lowest BCUT2D eigenvalue weighted by molar-refractivity contribution is -0.137. The second-order valence-corrected chi connectivity index (χ2v) is 8.88. The number of likely N-dealkylation sites (tertiary alicyclic amines) is 1. The zero-order valence-corrected chi connectivity index (χ0v) is 18.5. The number of carbonyl (C=O) groups is 2. The van der Waals surface area contributed by atoms with Crippen LogP contribution in [0.5, 0.6) is 5.75 Å². The number of ether oxygens (including phenoxy) is 1. The number of amides is 2. The minimum Gasteiger partial charge on any atom is -0.497 e. The Morgan fingerprint density at radius 2 is 1.82 bits per heavy atom. The van der Waals surface area contributed by atoms with Crippen molar-refractivity contribution in [1.29, 1.82) is 0 Å². The molecule has 0 radical (unpaired) electrons. The molecule has 0 aromatic heterocycles. The predicted octanol–water partition coefficient (Wildman–Crippen LogP) is 4.32. The maximum Gasteiger partial charge on any atom is 0.416 e. The first-order valence-corrected chi connectivity index (χ1v) is 11.1. The number of carbonyl (C=O) groups excluding carboxylic acids is 2. The Kier molecular flexibility index (Phi) is 6.36. The highest BCUT2D eigenvalue weighted by atomic mass is 19.4. The molecule has 176 valence electrons. The van der Waals surface area contributed by atoms with Crippen LogP contribution in [0.25, 0.3) is 0 Å². The van der Waals surface area contributed by atoms with E-state index in [1.807, 2.05) is 24.3 Å². The molecule has 2 aromatic rings. The highest BCUT2D eigenvalue weighted by molar-refractivity contribution is 5.94. The zero-order chi connectivity index (χ0) is 23.6. The maximum absolute atomic E-state index is 12.7. The molecule has 33 heavy (non-hydrogen) atoms. The Balaban J connectivity index is 1.24. The molecule has 1 aliphatic carbocycles. The fraction of sp³-hybridized carbons (Fsp3) is 0.440. The first-order chi connectivity index (χ1) is 15.7. The van der Waals surface area contributed by atoms with Crippen LogP contribution in [0.1, 0.15) is 40.7 Å². The van der Waals surface area contributed by atoms with Crippen LogP contribution in [0.15, 0.2) is 48.5 Å². The Labute approximate surface area is 190 Å². The highest BCUT2D eigenvalue weighted by Crippen LogP contribution is 2.59. The highest BCUT2D eigenvalue weighted by Gasteiger charge is 2.58. The Morgan fingerprint density at radius 3 is 2.45 bits per heavy atom. The molecule has 2 fully saturated rings. The summed E-state index contributed by atoms with van der Waals surface area (Å²) in [6.07, 6.45) is -1.42. The Hall–Kier alpha value is -3.03. The van der Waals surface area contributed by atoms with Crippen LogP contribution in [0.3, 0.4) is 0 Å². The number of methoxy groups -OCH3 is 1. The van der Waals surface area contributed by atoms with Crippen LogP contribution in [-0.2, 0) is 17.4 Å². The van der Waals surface area contributed by atoms with E-state index in [0.717, 1.165) is 49.1 Å². The molecule has 1 aliphatic heterocycles. The van der Waals surface area contributed by atoms with Crippen molar-refractivity contribution in [2.45, 2.75) is 31.9 Å². The predicted molar refractivity (Wildman–Crippen MR) is 117 cm³/mol. The van der Waals surface area contributed by atoms with E-state index in [4.69, 9.17) is 4.74 Å². The molecule has 4 rings (SSSR count). The minimum atomic E-state index is -4.42. The van der Waals surface area contributed by atoms with Gasteiger partial charge in [0.25, 0.3) is 5.91 Å². The number of hydrogen-bond acceptors (Lipinski definition) is 3. The Bertz CT molecular complexity index is 1010. The molecule has 2 aromatic carbocycles. The molecule has 1 N–H and O–H groups in total. The smallest absolute Gasteiger partial charge is 0.416 e. The van der Waals surface area contributed by atoms with Gasteiger partial charge in [0.15, 0.2) is 0 Å². The summed E-state index contributed by atoms with van der Waals surface area (Å²) < 4.78 is 43.4. The molecule has 1 spiro atoms. The fourth-order valence-corrected chi connectivity index (χ4v) is 4.69. The van der Waals surface area contributed by atoms with Gasteiger partial charge in [-0.25, -0.2) is 0 Å². The van der Waals surface area contributed by atoms with Gasteiger partial charge in [-0.1, -0.05) is 12.1 Å². The summed E-state index contributed by atoms with van der Waals surface area (Å²) in [7, 11) is 1.62. The number of rotatable bonds is 6. The molecule has 1 atom stereocenters. The third-order valence-electron chi connectivity index (χ3n) is 6.86. The fourth-order valence-electron chi connectivity index (χ4n) is 4.69. The molecule has 0 unspecified atom stereocenters. The number of benzene rings is 2. The lowest BCUT2D eigenvalue weighted by Crippen LogP contribution is -2.40. The summed E-state index contributed by atoms with van der Waals surface area (Å²) in [5.41, 5.74) is 0.517. The van der Waals surface area contributed by atoms with E-state index < -0.39 is 11.7 Å². The molecular weight excluding hydrogens is 433 g/mol. The van der Waals surface area contributed by atoms with Gasteiger partial charge in [-0.2, -0.15) is 13.2 Å². The van der Waals surface area contributed by atoms with Crippen LogP contribution in [-0.4, -0.2) is 43.5 Å². The van der Waals surface area contributed by atoms with Gasteiger partial charge in [-0.3, -0.25) is 9.59 Å². The monoisotopic (exact) mass is 460 g/mol. The van der Waals surface area contributed by atoms with Gasteiger partial charge in [-0.05, 0) is 73.1 Å². The number of hydrogen-bond donors (Lipinski definition) is 1. The summed E-state index contributed by atoms with van der Waals surface area (Å²) >= 11 is 0. The van der Waals surface area contributed by atoms with Crippen LogP contribution < -0.4 is 10.1 Å². The average Bonchev–Trinajstić information content (AvgIpc) is 3.52. The second-order valence-electron chi connectivity index (χ2n) is 8.88. The zero-order valence-electron chi connectivity index (χ0n) is 18.5. The first kappa shape index (κ1) is 23.1. The SMILES string of the molecule is COc1cccc(CCNC(=O)[C@H]2CC23CCN(C(=O)c2ccc(C(F)(F)F)cc2)CC3)c1. The summed E-state index contributed by atoms with van der Waals surface area (Å²) in [5, 5.41) is 3.03. The quantitative estimate of drug-likeness (QED) is 0.699.